The fourth-order valence-corrected chi connectivity index (χ4v) is 5.04. The van der Waals surface area contributed by atoms with Gasteiger partial charge in [0.25, 0.3) is 0 Å². The summed E-state index contributed by atoms with van der Waals surface area (Å²) in [5.41, 5.74) is -4.88. The lowest BCUT2D eigenvalue weighted by Crippen LogP contribution is -2.28. The van der Waals surface area contributed by atoms with Gasteiger partial charge in [0.2, 0.25) is 0 Å². The van der Waals surface area contributed by atoms with Gasteiger partial charge in [0.15, 0.2) is 37.9 Å². The van der Waals surface area contributed by atoms with Gasteiger partial charge < -0.3 is 4.18 Å². The Kier molecular flexibility index (Phi) is 9.22. The van der Waals surface area contributed by atoms with Crippen molar-refractivity contribution in [1.29, 1.82) is 0 Å². The van der Waals surface area contributed by atoms with Crippen LogP contribution >= 0.6 is 0 Å². The summed E-state index contributed by atoms with van der Waals surface area (Å²) < 4.78 is 113. The van der Waals surface area contributed by atoms with Crippen LogP contribution in [-0.4, -0.2) is 55.1 Å². The largest absolute Gasteiger partial charge is 0.534 e. The number of hydrogen-bond donors (Lipinski definition) is 0. The van der Waals surface area contributed by atoms with E-state index >= 15 is 0 Å². The zero-order valence-corrected chi connectivity index (χ0v) is 25.4. The van der Waals surface area contributed by atoms with Gasteiger partial charge in [0.05, 0.1) is 16.7 Å². The summed E-state index contributed by atoms with van der Waals surface area (Å²) in [6.07, 6.45) is 1.05. The molecule has 0 saturated heterocycles. The van der Waals surface area contributed by atoms with Crippen LogP contribution in [-0.2, 0) is 20.0 Å². The molecule has 5 aromatic rings. The van der Waals surface area contributed by atoms with E-state index in [1.54, 1.807) is 18.2 Å². The molecule has 5 rings (SSSR count). The van der Waals surface area contributed by atoms with Crippen LogP contribution in [0, 0.1) is 11.6 Å². The molecule has 0 atom stereocenters. The quantitative estimate of drug-likeness (QED) is 0.0925. The van der Waals surface area contributed by atoms with E-state index in [1.807, 2.05) is 0 Å². The van der Waals surface area contributed by atoms with Crippen molar-refractivity contribution in [2.75, 3.05) is 6.26 Å². The molecule has 3 heterocycles. The second-order valence-corrected chi connectivity index (χ2v) is 13.1. The fraction of sp³-hybridized carbons (Fsp3) is 0.138. The number of fused-ring (bicyclic) bond motifs is 2. The summed E-state index contributed by atoms with van der Waals surface area (Å²) in [7, 11) is -9.46. The Morgan fingerprint density at radius 2 is 1.24 bits per heavy atom. The standard InChI is InChI=1S/C17H13FN2O3S.C12H7F4NO4S/c1-10(21)17-13(9-11-8-12(18)6-7-14(11)20-17)15-4-3-5-16(19-15)24(2,22)23;1-6(18)11-10(21-22(19,20)12(14,15)16)5-7-4-8(13)2-3-9(7)17-11/h3-9H,1-2H3;2-5H,1H3. The molecule has 0 radical (unpaired) electrons. The van der Waals surface area contributed by atoms with Crippen molar-refractivity contribution < 1.29 is 52.6 Å². The van der Waals surface area contributed by atoms with E-state index in [0.717, 1.165) is 31.4 Å². The van der Waals surface area contributed by atoms with Gasteiger partial charge in [0.1, 0.15) is 17.3 Å². The van der Waals surface area contributed by atoms with Gasteiger partial charge in [-0.1, -0.05) is 6.07 Å². The van der Waals surface area contributed by atoms with E-state index < -0.39 is 54.3 Å². The number of ketones is 2. The molecule has 0 aliphatic heterocycles. The highest BCUT2D eigenvalue weighted by Gasteiger charge is 2.49. The van der Waals surface area contributed by atoms with Crippen molar-refractivity contribution in [3.63, 3.8) is 0 Å². The molecule has 240 valence electrons. The molecular formula is C29H20F5N3O7S2. The van der Waals surface area contributed by atoms with Crippen LogP contribution in [0.25, 0.3) is 33.1 Å². The number of carbonyl (C=O) groups excluding carboxylic acids is 2. The monoisotopic (exact) mass is 681 g/mol. The number of carbonyl (C=O) groups is 2. The van der Waals surface area contributed by atoms with Gasteiger partial charge in [-0.2, -0.15) is 21.6 Å². The van der Waals surface area contributed by atoms with Crippen LogP contribution in [0.15, 0.2) is 71.8 Å². The van der Waals surface area contributed by atoms with Gasteiger partial charge in [-0.25, -0.2) is 32.2 Å². The number of alkyl halides is 3. The van der Waals surface area contributed by atoms with Crippen LogP contribution in [0.5, 0.6) is 5.75 Å². The molecule has 0 N–H and O–H groups in total. The van der Waals surface area contributed by atoms with Gasteiger partial charge in [0, 0.05) is 36.4 Å². The molecule has 2 aromatic carbocycles. The minimum absolute atomic E-state index is 0.0163. The maximum atomic E-state index is 13.5. The lowest BCUT2D eigenvalue weighted by Gasteiger charge is -2.12. The lowest BCUT2D eigenvalue weighted by molar-refractivity contribution is -0.0500. The highest BCUT2D eigenvalue weighted by atomic mass is 32.2. The number of sulfone groups is 1. The van der Waals surface area contributed by atoms with Crippen LogP contribution in [0.3, 0.4) is 0 Å². The van der Waals surface area contributed by atoms with Gasteiger partial charge in [-0.3, -0.25) is 9.59 Å². The van der Waals surface area contributed by atoms with Crippen molar-refractivity contribution in [1.82, 2.24) is 15.0 Å². The summed E-state index contributed by atoms with van der Waals surface area (Å²) in [6, 6.07) is 14.1. The Morgan fingerprint density at radius 3 is 1.74 bits per heavy atom. The first-order valence-electron chi connectivity index (χ1n) is 12.7. The minimum Gasteiger partial charge on any atom is -0.374 e. The maximum absolute atomic E-state index is 13.5. The van der Waals surface area contributed by atoms with E-state index in [0.29, 0.717) is 22.2 Å². The minimum atomic E-state index is -5.97. The van der Waals surface area contributed by atoms with E-state index in [4.69, 9.17) is 0 Å². The molecule has 0 unspecified atom stereocenters. The van der Waals surface area contributed by atoms with Gasteiger partial charge in [-0.15, -0.1) is 0 Å². The second-order valence-electron chi connectivity index (χ2n) is 9.62. The first kappa shape index (κ1) is 34.0. The summed E-state index contributed by atoms with van der Waals surface area (Å²) in [6.45, 7) is 2.34. The number of halogens is 5. The van der Waals surface area contributed by atoms with Crippen molar-refractivity contribution in [3.8, 4) is 17.0 Å². The summed E-state index contributed by atoms with van der Waals surface area (Å²) in [5.74, 6) is -3.15. The second kappa shape index (κ2) is 12.5. The number of aromatic nitrogens is 3. The number of hydrogen-bond acceptors (Lipinski definition) is 10. The van der Waals surface area contributed by atoms with Crippen molar-refractivity contribution >= 4 is 53.3 Å². The first-order valence-corrected chi connectivity index (χ1v) is 16.0. The number of Topliss-reactive ketones (excluding diaryl/α,β-unsaturated/α-hetero) is 2. The predicted molar refractivity (Wildman–Crippen MR) is 155 cm³/mol. The van der Waals surface area contributed by atoms with Crippen molar-refractivity contribution in [3.05, 3.63) is 89.8 Å². The molecule has 17 heteroatoms. The highest BCUT2D eigenvalue weighted by molar-refractivity contribution is 7.90. The molecule has 3 aromatic heterocycles. The molecule has 0 spiro atoms. The number of benzene rings is 2. The number of pyridine rings is 3. The number of nitrogens with zero attached hydrogens (tertiary/aromatic N) is 3. The van der Waals surface area contributed by atoms with Crippen molar-refractivity contribution in [2.45, 2.75) is 24.4 Å². The summed E-state index contributed by atoms with van der Waals surface area (Å²) >= 11 is 0. The Bertz CT molecular complexity index is 2260. The smallest absolute Gasteiger partial charge is 0.374 e. The average Bonchev–Trinajstić information content (AvgIpc) is 2.95. The molecule has 0 aliphatic rings. The highest BCUT2D eigenvalue weighted by Crippen LogP contribution is 2.31. The van der Waals surface area contributed by atoms with E-state index in [-0.39, 0.29) is 27.4 Å². The van der Waals surface area contributed by atoms with Crippen LogP contribution in [0.4, 0.5) is 22.0 Å². The van der Waals surface area contributed by atoms with Gasteiger partial charge >= 0.3 is 15.6 Å². The molecule has 0 fully saturated rings. The normalized spacial score (nSPS) is 12.0. The van der Waals surface area contributed by atoms with Crippen molar-refractivity contribution in [2.24, 2.45) is 0 Å². The predicted octanol–water partition coefficient (Wildman–Crippen LogP) is 5.85. The number of rotatable bonds is 6. The average molecular weight is 682 g/mol. The van der Waals surface area contributed by atoms with Crippen LogP contribution in [0.1, 0.15) is 34.8 Å². The summed E-state index contributed by atoms with van der Waals surface area (Å²) in [5, 5.41) is 0.382. The third-order valence-electron chi connectivity index (χ3n) is 6.05. The van der Waals surface area contributed by atoms with Crippen LogP contribution < -0.4 is 4.18 Å². The first-order chi connectivity index (χ1) is 21.3. The molecule has 0 bridgehead atoms. The van der Waals surface area contributed by atoms with E-state index in [9.17, 15) is 48.4 Å². The fourth-order valence-electron chi connectivity index (χ4n) is 3.99. The molecule has 10 nitrogen and oxygen atoms in total. The zero-order chi connectivity index (χ0) is 34.2. The lowest BCUT2D eigenvalue weighted by atomic mass is 10.0. The Labute approximate surface area is 257 Å². The summed E-state index contributed by atoms with van der Waals surface area (Å²) in [4.78, 5) is 35.5. The Balaban J connectivity index is 0.000000210. The Hall–Kier alpha value is -4.90. The topological polar surface area (TPSA) is 150 Å². The molecule has 0 saturated carbocycles. The Morgan fingerprint density at radius 1 is 0.717 bits per heavy atom. The van der Waals surface area contributed by atoms with E-state index in [1.165, 1.54) is 37.3 Å². The molecular weight excluding hydrogens is 661 g/mol. The zero-order valence-electron chi connectivity index (χ0n) is 23.8. The third-order valence-corrected chi connectivity index (χ3v) is 8.00. The van der Waals surface area contributed by atoms with E-state index in [2.05, 4.69) is 19.1 Å². The SMILES string of the molecule is CC(=O)c1nc2ccc(F)cc2cc1-c1cccc(S(C)(=O)=O)n1.CC(=O)c1nc2ccc(F)cc2cc1OS(=O)(=O)C(F)(F)F. The third kappa shape index (κ3) is 7.48. The molecule has 46 heavy (non-hydrogen) atoms. The maximum Gasteiger partial charge on any atom is 0.534 e. The molecule has 0 amide bonds. The van der Waals surface area contributed by atoms with Gasteiger partial charge in [-0.05, 0) is 60.7 Å². The van der Waals surface area contributed by atoms with Crippen LogP contribution in [0.2, 0.25) is 0 Å². The molecule has 0 aliphatic carbocycles.